The Morgan fingerprint density at radius 1 is 1.39 bits per heavy atom. The fraction of sp³-hybridized carbons (Fsp3) is 0.929. The van der Waals surface area contributed by atoms with Gasteiger partial charge in [-0.1, -0.05) is 13.8 Å². The minimum absolute atomic E-state index is 0.164. The van der Waals surface area contributed by atoms with Crippen LogP contribution < -0.4 is 0 Å². The van der Waals surface area contributed by atoms with Crippen molar-refractivity contribution < 1.29 is 9.53 Å². The molecule has 1 aliphatic heterocycles. The number of thioether (sulfide) groups is 1. The van der Waals surface area contributed by atoms with Gasteiger partial charge < -0.3 is 9.64 Å². The van der Waals surface area contributed by atoms with Gasteiger partial charge in [-0.15, -0.1) is 0 Å². The fourth-order valence-electron chi connectivity index (χ4n) is 2.23. The summed E-state index contributed by atoms with van der Waals surface area (Å²) in [4.78, 5) is 13.9. The van der Waals surface area contributed by atoms with Crippen LogP contribution in [-0.4, -0.2) is 39.7 Å². The number of ether oxygens (including phenoxy) is 1. The third-order valence-corrected chi connectivity index (χ3v) is 4.28. The number of piperidine rings is 1. The van der Waals surface area contributed by atoms with Gasteiger partial charge in [-0.05, 0) is 45.8 Å². The van der Waals surface area contributed by atoms with E-state index < -0.39 is 5.60 Å². The first-order valence-corrected chi connectivity index (χ1v) is 7.78. The molecule has 1 amide bonds. The van der Waals surface area contributed by atoms with Gasteiger partial charge in [0.05, 0.1) is 0 Å². The number of rotatable bonds is 2. The van der Waals surface area contributed by atoms with Crippen LogP contribution in [0.3, 0.4) is 0 Å². The van der Waals surface area contributed by atoms with E-state index in [0.717, 1.165) is 19.4 Å². The van der Waals surface area contributed by atoms with E-state index in [4.69, 9.17) is 4.74 Å². The average molecular weight is 273 g/mol. The van der Waals surface area contributed by atoms with Crippen LogP contribution >= 0.6 is 11.8 Å². The van der Waals surface area contributed by atoms with Crippen molar-refractivity contribution in [1.29, 1.82) is 0 Å². The monoisotopic (exact) mass is 273 g/mol. The summed E-state index contributed by atoms with van der Waals surface area (Å²) in [5.74, 6) is 0. The number of nitrogens with zero attached hydrogens (tertiary/aromatic N) is 1. The zero-order valence-electron chi connectivity index (χ0n) is 12.5. The average Bonchev–Trinajstić information content (AvgIpc) is 2.13. The standard InChI is InChI=1S/C14H27NO2S/c1-10(2)18-12-7-8-15(11(3)9-12)13(16)17-14(4,5)6/h10-12H,7-9H2,1-6H3/t11-,12-/m0/s1. The highest BCUT2D eigenvalue weighted by atomic mass is 32.2. The summed E-state index contributed by atoms with van der Waals surface area (Å²) in [7, 11) is 0. The van der Waals surface area contributed by atoms with Crippen molar-refractivity contribution in [3.63, 3.8) is 0 Å². The lowest BCUT2D eigenvalue weighted by molar-refractivity contribution is 0.0126. The van der Waals surface area contributed by atoms with Crippen LogP contribution in [0.5, 0.6) is 0 Å². The highest BCUT2D eigenvalue weighted by molar-refractivity contribution is 8.00. The van der Waals surface area contributed by atoms with E-state index in [9.17, 15) is 4.79 Å². The fourth-order valence-corrected chi connectivity index (χ4v) is 3.63. The highest BCUT2D eigenvalue weighted by Gasteiger charge is 2.32. The molecule has 0 spiro atoms. The quantitative estimate of drug-likeness (QED) is 0.764. The van der Waals surface area contributed by atoms with Crippen LogP contribution in [0.2, 0.25) is 0 Å². The van der Waals surface area contributed by atoms with Crippen LogP contribution in [0, 0.1) is 0 Å². The predicted octanol–water partition coefficient (Wildman–Crippen LogP) is 3.92. The molecule has 1 heterocycles. The Morgan fingerprint density at radius 3 is 2.44 bits per heavy atom. The van der Waals surface area contributed by atoms with Crippen molar-refractivity contribution in [1.82, 2.24) is 4.90 Å². The van der Waals surface area contributed by atoms with Crippen molar-refractivity contribution >= 4 is 17.9 Å². The maximum atomic E-state index is 12.0. The molecule has 106 valence electrons. The summed E-state index contributed by atoms with van der Waals surface area (Å²) in [5.41, 5.74) is -0.402. The number of amides is 1. The maximum Gasteiger partial charge on any atom is 0.410 e. The molecule has 1 rings (SSSR count). The molecule has 0 bridgehead atoms. The number of likely N-dealkylation sites (tertiary alicyclic amines) is 1. The van der Waals surface area contributed by atoms with E-state index in [2.05, 4.69) is 20.8 Å². The first kappa shape index (κ1) is 15.7. The molecule has 3 nitrogen and oxygen atoms in total. The second-order valence-electron chi connectivity index (χ2n) is 6.35. The summed E-state index contributed by atoms with van der Waals surface area (Å²) in [6.07, 6.45) is 1.98. The van der Waals surface area contributed by atoms with E-state index >= 15 is 0 Å². The number of hydrogen-bond donors (Lipinski definition) is 0. The second-order valence-corrected chi connectivity index (χ2v) is 8.24. The molecule has 0 unspecified atom stereocenters. The third kappa shape index (κ3) is 5.09. The van der Waals surface area contributed by atoms with Gasteiger partial charge in [-0.2, -0.15) is 11.8 Å². The van der Waals surface area contributed by atoms with Gasteiger partial charge in [0.1, 0.15) is 5.60 Å². The molecule has 1 aliphatic rings. The number of carbonyl (C=O) groups excluding carboxylic acids is 1. The molecular weight excluding hydrogens is 246 g/mol. The Kier molecular flexibility index (Phi) is 5.38. The van der Waals surface area contributed by atoms with Crippen LogP contribution in [0.4, 0.5) is 4.79 Å². The van der Waals surface area contributed by atoms with Crippen molar-refractivity contribution in [2.24, 2.45) is 0 Å². The van der Waals surface area contributed by atoms with Gasteiger partial charge in [0.15, 0.2) is 0 Å². The molecule has 0 aliphatic carbocycles. The van der Waals surface area contributed by atoms with E-state index in [1.165, 1.54) is 0 Å². The van der Waals surface area contributed by atoms with Crippen LogP contribution in [0.25, 0.3) is 0 Å². The summed E-state index contributed by atoms with van der Waals surface area (Å²) in [5, 5.41) is 1.34. The topological polar surface area (TPSA) is 29.5 Å². The normalized spacial score (nSPS) is 25.4. The molecule has 0 aromatic rings. The molecule has 0 aromatic heterocycles. The first-order chi connectivity index (χ1) is 8.19. The van der Waals surface area contributed by atoms with Gasteiger partial charge in [0, 0.05) is 17.8 Å². The lowest BCUT2D eigenvalue weighted by Crippen LogP contribution is -2.47. The minimum Gasteiger partial charge on any atom is -0.444 e. The maximum absolute atomic E-state index is 12.0. The summed E-state index contributed by atoms with van der Waals surface area (Å²) >= 11 is 2.03. The summed E-state index contributed by atoms with van der Waals surface area (Å²) in [6.45, 7) is 13.1. The largest absolute Gasteiger partial charge is 0.444 e. The molecule has 0 aromatic carbocycles. The molecule has 2 atom stereocenters. The predicted molar refractivity (Wildman–Crippen MR) is 78.2 cm³/mol. The zero-order chi connectivity index (χ0) is 13.9. The summed E-state index contributed by atoms with van der Waals surface area (Å²) < 4.78 is 5.44. The van der Waals surface area contributed by atoms with E-state index in [-0.39, 0.29) is 12.1 Å². The lowest BCUT2D eigenvalue weighted by Gasteiger charge is -2.38. The van der Waals surface area contributed by atoms with Crippen molar-refractivity contribution in [2.75, 3.05) is 6.54 Å². The van der Waals surface area contributed by atoms with Gasteiger partial charge >= 0.3 is 6.09 Å². The highest BCUT2D eigenvalue weighted by Crippen LogP contribution is 2.30. The Labute approximate surface area is 116 Å². The molecule has 0 saturated carbocycles. The van der Waals surface area contributed by atoms with E-state index in [1.54, 1.807) is 0 Å². The smallest absolute Gasteiger partial charge is 0.410 e. The number of hydrogen-bond acceptors (Lipinski definition) is 3. The van der Waals surface area contributed by atoms with Gasteiger partial charge in [0.2, 0.25) is 0 Å². The molecule has 4 heteroatoms. The molecule has 18 heavy (non-hydrogen) atoms. The Morgan fingerprint density at radius 2 is 2.00 bits per heavy atom. The first-order valence-electron chi connectivity index (χ1n) is 6.84. The van der Waals surface area contributed by atoms with Gasteiger partial charge in [-0.25, -0.2) is 4.79 Å². The zero-order valence-corrected chi connectivity index (χ0v) is 13.3. The van der Waals surface area contributed by atoms with Crippen molar-refractivity contribution in [3.05, 3.63) is 0 Å². The Bertz CT molecular complexity index is 286. The minimum atomic E-state index is -0.402. The molecule has 1 fully saturated rings. The molecule has 0 radical (unpaired) electrons. The summed E-state index contributed by atoms with van der Waals surface area (Å²) in [6, 6.07) is 0.282. The molecule has 0 N–H and O–H groups in total. The van der Waals surface area contributed by atoms with E-state index in [0.29, 0.717) is 10.5 Å². The van der Waals surface area contributed by atoms with E-state index in [1.807, 2.05) is 37.4 Å². The van der Waals surface area contributed by atoms with Gasteiger partial charge in [-0.3, -0.25) is 0 Å². The van der Waals surface area contributed by atoms with Crippen LogP contribution in [-0.2, 0) is 4.74 Å². The van der Waals surface area contributed by atoms with Crippen molar-refractivity contribution in [3.8, 4) is 0 Å². The van der Waals surface area contributed by atoms with Crippen LogP contribution in [0.1, 0.15) is 54.4 Å². The SMILES string of the molecule is CC(C)S[C@H]1CCN(C(=O)OC(C)(C)C)[C@@H](C)C1. The molecule has 1 saturated heterocycles. The molecular formula is C14H27NO2S. The lowest BCUT2D eigenvalue weighted by atomic mass is 10.0. The Balaban J connectivity index is 2.49. The van der Waals surface area contributed by atoms with Crippen molar-refractivity contribution in [2.45, 2.75) is 76.5 Å². The Hall–Kier alpha value is -0.380. The van der Waals surface area contributed by atoms with Gasteiger partial charge in [0.25, 0.3) is 0 Å². The van der Waals surface area contributed by atoms with Crippen LogP contribution in [0.15, 0.2) is 0 Å². The second kappa shape index (κ2) is 6.18. The third-order valence-electron chi connectivity index (χ3n) is 2.92. The number of carbonyl (C=O) groups is 1.